The molecule has 1 fully saturated rings. The zero-order valence-electron chi connectivity index (χ0n) is 12.3. The van der Waals surface area contributed by atoms with Crippen LogP contribution >= 0.6 is 0 Å². The summed E-state index contributed by atoms with van der Waals surface area (Å²) in [6, 6.07) is -0.0567. The molecule has 5 heteroatoms. The van der Waals surface area contributed by atoms with Gasteiger partial charge in [-0.1, -0.05) is 20.8 Å². The fourth-order valence-corrected chi connectivity index (χ4v) is 2.48. The van der Waals surface area contributed by atoms with Gasteiger partial charge in [0.1, 0.15) is 0 Å². The minimum atomic E-state index is -0.416. The summed E-state index contributed by atoms with van der Waals surface area (Å²) in [6.45, 7) is 8.28. The highest BCUT2D eigenvalue weighted by Crippen LogP contribution is 2.22. The number of nitrogens with one attached hydrogen (secondary N) is 1. The van der Waals surface area contributed by atoms with Crippen molar-refractivity contribution in [2.45, 2.75) is 52.7 Å². The lowest BCUT2D eigenvalue weighted by atomic mass is 9.88. The van der Waals surface area contributed by atoms with Crippen molar-refractivity contribution in [2.24, 2.45) is 11.8 Å². The molecule has 0 aliphatic carbocycles. The maximum absolute atomic E-state index is 11.8. The van der Waals surface area contributed by atoms with Crippen molar-refractivity contribution >= 4 is 11.8 Å². The van der Waals surface area contributed by atoms with Gasteiger partial charge in [0.15, 0.2) is 0 Å². The number of piperidine rings is 1. The zero-order chi connectivity index (χ0) is 14.6. The minimum Gasteiger partial charge on any atom is -0.393 e. The third-order valence-corrected chi connectivity index (χ3v) is 3.76. The molecule has 0 aromatic heterocycles. The molecule has 0 aromatic rings. The van der Waals surface area contributed by atoms with Crippen LogP contribution in [-0.2, 0) is 9.59 Å². The zero-order valence-corrected chi connectivity index (χ0v) is 12.3. The van der Waals surface area contributed by atoms with Crippen molar-refractivity contribution in [3.8, 4) is 0 Å². The Hall–Kier alpha value is -1.10. The van der Waals surface area contributed by atoms with Gasteiger partial charge in [-0.2, -0.15) is 0 Å². The predicted molar refractivity (Wildman–Crippen MR) is 73.4 cm³/mol. The molecular weight excluding hydrogens is 244 g/mol. The topological polar surface area (TPSA) is 69.6 Å². The summed E-state index contributed by atoms with van der Waals surface area (Å²) in [4.78, 5) is 25.0. The lowest BCUT2D eigenvalue weighted by Gasteiger charge is -2.39. The molecule has 3 unspecified atom stereocenters. The lowest BCUT2D eigenvalue weighted by Crippen LogP contribution is -2.54. The van der Waals surface area contributed by atoms with Gasteiger partial charge in [0.05, 0.1) is 6.10 Å². The van der Waals surface area contributed by atoms with Gasteiger partial charge in [-0.05, 0) is 12.8 Å². The molecule has 0 aromatic carbocycles. The Morgan fingerprint density at radius 3 is 2.47 bits per heavy atom. The summed E-state index contributed by atoms with van der Waals surface area (Å²) < 4.78 is 0. The SMILES string of the molecule is CCC(O)C1CC(NC(=O)C(C)C)CN(C(C)=O)C1. The van der Waals surface area contributed by atoms with Gasteiger partial charge in [0.25, 0.3) is 0 Å². The average molecular weight is 270 g/mol. The molecular formula is C14H26N2O3. The van der Waals surface area contributed by atoms with E-state index in [1.54, 1.807) is 4.90 Å². The van der Waals surface area contributed by atoms with Crippen LogP contribution in [0.2, 0.25) is 0 Å². The first-order valence-corrected chi connectivity index (χ1v) is 7.09. The van der Waals surface area contributed by atoms with Gasteiger partial charge < -0.3 is 15.3 Å². The van der Waals surface area contributed by atoms with E-state index in [-0.39, 0.29) is 29.7 Å². The molecule has 0 spiro atoms. The van der Waals surface area contributed by atoms with Gasteiger partial charge in [-0.25, -0.2) is 0 Å². The summed E-state index contributed by atoms with van der Waals surface area (Å²) in [5, 5.41) is 13.0. The predicted octanol–water partition coefficient (Wildman–Crippen LogP) is 0.766. The number of carbonyl (C=O) groups excluding carboxylic acids is 2. The van der Waals surface area contributed by atoms with Gasteiger partial charge in [0, 0.05) is 37.9 Å². The summed E-state index contributed by atoms with van der Waals surface area (Å²) in [7, 11) is 0. The number of aliphatic hydroxyl groups is 1. The number of rotatable bonds is 4. The third-order valence-electron chi connectivity index (χ3n) is 3.76. The first-order chi connectivity index (χ1) is 8.85. The Labute approximate surface area is 115 Å². The third kappa shape index (κ3) is 4.49. The molecule has 5 nitrogen and oxygen atoms in total. The monoisotopic (exact) mass is 270 g/mol. The molecule has 1 rings (SSSR count). The van der Waals surface area contributed by atoms with E-state index in [0.717, 1.165) is 6.42 Å². The van der Waals surface area contributed by atoms with Crippen LogP contribution in [0.5, 0.6) is 0 Å². The average Bonchev–Trinajstić information content (AvgIpc) is 2.37. The second kappa shape index (κ2) is 6.89. The summed E-state index contributed by atoms with van der Waals surface area (Å²) in [6.07, 6.45) is 0.985. The van der Waals surface area contributed by atoms with Crippen molar-refractivity contribution in [3.05, 3.63) is 0 Å². The number of hydrogen-bond donors (Lipinski definition) is 2. The lowest BCUT2D eigenvalue weighted by molar-refractivity contribution is -0.134. The van der Waals surface area contributed by atoms with Crippen molar-refractivity contribution in [1.29, 1.82) is 0 Å². The molecule has 3 atom stereocenters. The van der Waals surface area contributed by atoms with E-state index in [0.29, 0.717) is 19.5 Å². The van der Waals surface area contributed by atoms with E-state index >= 15 is 0 Å². The van der Waals surface area contributed by atoms with E-state index in [2.05, 4.69) is 5.32 Å². The number of amides is 2. The molecule has 110 valence electrons. The van der Waals surface area contributed by atoms with Gasteiger partial charge >= 0.3 is 0 Å². The summed E-state index contributed by atoms with van der Waals surface area (Å²) >= 11 is 0. The fraction of sp³-hybridized carbons (Fsp3) is 0.857. The normalized spacial score (nSPS) is 25.3. The second-order valence-electron chi connectivity index (χ2n) is 5.76. The Kier molecular flexibility index (Phi) is 5.79. The van der Waals surface area contributed by atoms with Crippen LogP contribution in [-0.4, -0.2) is 47.1 Å². The van der Waals surface area contributed by atoms with E-state index in [4.69, 9.17) is 0 Å². The first kappa shape index (κ1) is 16.0. The fourth-order valence-electron chi connectivity index (χ4n) is 2.48. The molecule has 2 amide bonds. The van der Waals surface area contributed by atoms with Crippen LogP contribution < -0.4 is 5.32 Å². The number of hydrogen-bond acceptors (Lipinski definition) is 3. The van der Waals surface area contributed by atoms with Crippen molar-refractivity contribution in [1.82, 2.24) is 10.2 Å². The molecule has 1 aliphatic rings. The van der Waals surface area contributed by atoms with Crippen LogP contribution in [0.25, 0.3) is 0 Å². The smallest absolute Gasteiger partial charge is 0.222 e. The molecule has 1 heterocycles. The Morgan fingerprint density at radius 1 is 1.37 bits per heavy atom. The van der Waals surface area contributed by atoms with Crippen molar-refractivity contribution in [3.63, 3.8) is 0 Å². The molecule has 0 saturated carbocycles. The summed E-state index contributed by atoms with van der Waals surface area (Å²) in [5.74, 6) is -0.0284. The van der Waals surface area contributed by atoms with Crippen LogP contribution in [0.3, 0.4) is 0 Å². The van der Waals surface area contributed by atoms with E-state index in [1.807, 2.05) is 20.8 Å². The van der Waals surface area contributed by atoms with Crippen molar-refractivity contribution < 1.29 is 14.7 Å². The Balaban J connectivity index is 2.70. The highest BCUT2D eigenvalue weighted by atomic mass is 16.3. The highest BCUT2D eigenvalue weighted by molar-refractivity contribution is 5.78. The van der Waals surface area contributed by atoms with Crippen LogP contribution in [0.15, 0.2) is 0 Å². The van der Waals surface area contributed by atoms with Crippen LogP contribution in [0.4, 0.5) is 0 Å². The van der Waals surface area contributed by atoms with Crippen molar-refractivity contribution in [2.75, 3.05) is 13.1 Å². The molecule has 0 radical (unpaired) electrons. The number of nitrogens with zero attached hydrogens (tertiary/aromatic N) is 1. The molecule has 19 heavy (non-hydrogen) atoms. The van der Waals surface area contributed by atoms with E-state index in [1.165, 1.54) is 6.92 Å². The maximum Gasteiger partial charge on any atom is 0.222 e. The summed E-state index contributed by atoms with van der Waals surface area (Å²) in [5.41, 5.74) is 0. The minimum absolute atomic E-state index is 0.000130. The molecule has 1 aliphatic heterocycles. The van der Waals surface area contributed by atoms with Crippen LogP contribution in [0.1, 0.15) is 40.5 Å². The Bertz CT molecular complexity index is 331. The molecule has 0 bridgehead atoms. The molecule has 1 saturated heterocycles. The van der Waals surface area contributed by atoms with E-state index in [9.17, 15) is 14.7 Å². The second-order valence-corrected chi connectivity index (χ2v) is 5.76. The van der Waals surface area contributed by atoms with Crippen LogP contribution in [0, 0.1) is 11.8 Å². The molecule has 2 N–H and O–H groups in total. The van der Waals surface area contributed by atoms with Gasteiger partial charge in [-0.3, -0.25) is 9.59 Å². The quantitative estimate of drug-likeness (QED) is 0.792. The number of aliphatic hydroxyl groups excluding tert-OH is 1. The maximum atomic E-state index is 11.8. The standard InChI is InChI=1S/C14H26N2O3/c1-5-13(18)11-6-12(15-14(19)9(2)3)8-16(7-11)10(4)17/h9,11-13,18H,5-8H2,1-4H3,(H,15,19). The van der Waals surface area contributed by atoms with E-state index < -0.39 is 6.10 Å². The highest BCUT2D eigenvalue weighted by Gasteiger charge is 2.32. The van der Waals surface area contributed by atoms with Gasteiger partial charge in [0.2, 0.25) is 11.8 Å². The largest absolute Gasteiger partial charge is 0.393 e. The Morgan fingerprint density at radius 2 is 2.00 bits per heavy atom. The number of likely N-dealkylation sites (tertiary alicyclic amines) is 1. The van der Waals surface area contributed by atoms with Gasteiger partial charge in [-0.15, -0.1) is 0 Å². The number of carbonyl (C=O) groups is 2. The first-order valence-electron chi connectivity index (χ1n) is 7.09.